The van der Waals surface area contributed by atoms with Gasteiger partial charge in [0.25, 0.3) is 11.6 Å². The predicted molar refractivity (Wildman–Crippen MR) is 115 cm³/mol. The van der Waals surface area contributed by atoms with Crippen molar-refractivity contribution in [3.63, 3.8) is 0 Å². The molecular formula is C23H20N4O3. The van der Waals surface area contributed by atoms with E-state index in [0.29, 0.717) is 5.69 Å². The number of rotatable bonds is 5. The Morgan fingerprint density at radius 1 is 1.10 bits per heavy atom. The fourth-order valence-corrected chi connectivity index (χ4v) is 3.19. The number of carbonyl (C=O) groups is 1. The zero-order valence-corrected chi connectivity index (χ0v) is 16.8. The summed E-state index contributed by atoms with van der Waals surface area (Å²) in [7, 11) is 0. The van der Waals surface area contributed by atoms with Crippen molar-refractivity contribution < 1.29 is 9.72 Å². The van der Waals surface area contributed by atoms with E-state index in [-0.39, 0.29) is 11.3 Å². The number of aromatic nitrogens is 1. The van der Waals surface area contributed by atoms with Crippen LogP contribution in [0.4, 0.5) is 11.4 Å². The van der Waals surface area contributed by atoms with Gasteiger partial charge in [0.05, 0.1) is 4.92 Å². The zero-order chi connectivity index (χ0) is 21.8. The molecule has 3 aromatic rings. The lowest BCUT2D eigenvalue weighted by Gasteiger charge is -2.09. The number of carbonyl (C=O) groups excluding carboxylic acids is 1. The topological polar surface area (TPSA) is 101 Å². The van der Waals surface area contributed by atoms with Gasteiger partial charge in [-0.3, -0.25) is 14.9 Å². The highest BCUT2D eigenvalue weighted by atomic mass is 16.6. The van der Waals surface area contributed by atoms with E-state index in [0.717, 1.165) is 28.2 Å². The fourth-order valence-electron chi connectivity index (χ4n) is 3.19. The van der Waals surface area contributed by atoms with E-state index in [1.165, 1.54) is 12.1 Å². The van der Waals surface area contributed by atoms with Crippen LogP contribution in [0.3, 0.4) is 0 Å². The quantitative estimate of drug-likeness (QED) is 0.286. The number of nitrogens with zero attached hydrogens (tertiary/aromatic N) is 3. The van der Waals surface area contributed by atoms with E-state index in [4.69, 9.17) is 0 Å². The first kappa shape index (κ1) is 20.6. The molecule has 7 heteroatoms. The molecule has 0 saturated carbocycles. The average Bonchev–Trinajstić information content (AvgIpc) is 3.00. The normalized spacial score (nSPS) is 11.1. The number of nitro benzene ring substituents is 1. The molecule has 0 aliphatic heterocycles. The van der Waals surface area contributed by atoms with E-state index < -0.39 is 10.8 Å². The molecule has 2 aromatic carbocycles. The molecule has 0 bridgehead atoms. The van der Waals surface area contributed by atoms with E-state index in [1.54, 1.807) is 30.3 Å². The van der Waals surface area contributed by atoms with Crippen LogP contribution in [0.1, 0.15) is 22.5 Å². The van der Waals surface area contributed by atoms with Crippen LogP contribution in [0, 0.1) is 42.2 Å². The van der Waals surface area contributed by atoms with Gasteiger partial charge >= 0.3 is 0 Å². The summed E-state index contributed by atoms with van der Waals surface area (Å²) in [4.78, 5) is 23.0. The van der Waals surface area contributed by atoms with Gasteiger partial charge in [-0.1, -0.05) is 17.7 Å². The third-order valence-electron chi connectivity index (χ3n) is 4.76. The van der Waals surface area contributed by atoms with Crippen molar-refractivity contribution in [2.75, 3.05) is 5.32 Å². The molecule has 0 spiro atoms. The van der Waals surface area contributed by atoms with Gasteiger partial charge in [-0.25, -0.2) is 0 Å². The predicted octanol–water partition coefficient (Wildman–Crippen LogP) is 4.86. The Balaban J connectivity index is 1.91. The maximum atomic E-state index is 12.5. The van der Waals surface area contributed by atoms with Gasteiger partial charge in [0.2, 0.25) is 0 Å². The molecule has 1 N–H and O–H groups in total. The smallest absolute Gasteiger partial charge is 0.269 e. The Labute approximate surface area is 174 Å². The molecule has 0 atom stereocenters. The first-order chi connectivity index (χ1) is 14.3. The molecule has 0 radical (unpaired) electrons. The van der Waals surface area contributed by atoms with Gasteiger partial charge in [-0.15, -0.1) is 0 Å². The van der Waals surface area contributed by atoms with Gasteiger partial charge in [0.15, 0.2) is 0 Å². The molecule has 0 fully saturated rings. The maximum absolute atomic E-state index is 12.5. The van der Waals surface area contributed by atoms with Crippen molar-refractivity contribution in [2.45, 2.75) is 20.8 Å². The summed E-state index contributed by atoms with van der Waals surface area (Å²) in [6.45, 7) is 5.71. The van der Waals surface area contributed by atoms with Crippen molar-refractivity contribution in [2.24, 2.45) is 0 Å². The van der Waals surface area contributed by atoms with Gasteiger partial charge in [-0.2, -0.15) is 5.26 Å². The van der Waals surface area contributed by atoms with Crippen molar-refractivity contribution in [3.05, 3.63) is 92.8 Å². The second kappa shape index (κ2) is 8.45. The van der Waals surface area contributed by atoms with Crippen LogP contribution in [-0.2, 0) is 4.79 Å². The van der Waals surface area contributed by atoms with Crippen LogP contribution in [-0.4, -0.2) is 15.4 Å². The van der Waals surface area contributed by atoms with Crippen LogP contribution in [0.2, 0.25) is 0 Å². The molecule has 1 heterocycles. The van der Waals surface area contributed by atoms with E-state index in [2.05, 4.69) is 5.32 Å². The molecule has 30 heavy (non-hydrogen) atoms. The Bertz CT molecular complexity index is 1180. The number of benzene rings is 2. The Morgan fingerprint density at radius 3 is 2.30 bits per heavy atom. The monoisotopic (exact) mass is 400 g/mol. The molecule has 0 saturated heterocycles. The van der Waals surface area contributed by atoms with Crippen molar-refractivity contribution in [1.82, 2.24) is 4.57 Å². The minimum atomic E-state index is -0.485. The largest absolute Gasteiger partial charge is 0.321 e. The Morgan fingerprint density at radius 2 is 1.73 bits per heavy atom. The third kappa shape index (κ3) is 4.28. The molecule has 150 valence electrons. The number of non-ortho nitro benzene ring substituents is 1. The highest BCUT2D eigenvalue weighted by molar-refractivity contribution is 6.09. The van der Waals surface area contributed by atoms with Gasteiger partial charge in [0, 0.05) is 34.9 Å². The lowest BCUT2D eigenvalue weighted by atomic mass is 10.1. The summed E-state index contributed by atoms with van der Waals surface area (Å²) in [6.07, 6.45) is 1.55. The highest BCUT2D eigenvalue weighted by Gasteiger charge is 2.15. The Kier molecular flexibility index (Phi) is 5.79. The van der Waals surface area contributed by atoms with Crippen LogP contribution in [0.25, 0.3) is 11.8 Å². The van der Waals surface area contributed by atoms with E-state index in [9.17, 15) is 20.2 Å². The second-order valence-corrected chi connectivity index (χ2v) is 6.93. The molecule has 7 nitrogen and oxygen atoms in total. The number of nitro groups is 1. The number of hydrogen-bond donors (Lipinski definition) is 1. The van der Waals surface area contributed by atoms with E-state index in [1.807, 2.05) is 49.6 Å². The van der Waals surface area contributed by atoms with Crippen molar-refractivity contribution >= 4 is 23.4 Å². The number of aryl methyl sites for hydroxylation is 2. The third-order valence-corrected chi connectivity index (χ3v) is 4.76. The Hall–Kier alpha value is -4.18. The fraction of sp³-hybridized carbons (Fsp3) is 0.130. The van der Waals surface area contributed by atoms with Gasteiger partial charge < -0.3 is 9.88 Å². The van der Waals surface area contributed by atoms with Crippen LogP contribution >= 0.6 is 0 Å². The maximum Gasteiger partial charge on any atom is 0.269 e. The number of hydrogen-bond acceptors (Lipinski definition) is 4. The zero-order valence-electron chi connectivity index (χ0n) is 16.8. The van der Waals surface area contributed by atoms with Crippen LogP contribution in [0.15, 0.2) is 60.2 Å². The number of amides is 1. The molecule has 1 amide bonds. The molecular weight excluding hydrogens is 380 g/mol. The number of nitriles is 1. The van der Waals surface area contributed by atoms with Crippen molar-refractivity contribution in [3.8, 4) is 11.8 Å². The average molecular weight is 400 g/mol. The second-order valence-electron chi connectivity index (χ2n) is 6.93. The van der Waals surface area contributed by atoms with Crippen LogP contribution < -0.4 is 5.32 Å². The minimum Gasteiger partial charge on any atom is -0.321 e. The highest BCUT2D eigenvalue weighted by Crippen LogP contribution is 2.24. The van der Waals surface area contributed by atoms with Crippen LogP contribution in [0.5, 0.6) is 0 Å². The lowest BCUT2D eigenvalue weighted by molar-refractivity contribution is -0.384. The first-order valence-corrected chi connectivity index (χ1v) is 9.23. The summed E-state index contributed by atoms with van der Waals surface area (Å²) in [5.74, 6) is -0.485. The molecule has 1 aromatic heterocycles. The summed E-state index contributed by atoms with van der Waals surface area (Å²) in [5.41, 5.74) is 4.87. The molecule has 3 rings (SSSR count). The molecule has 0 aliphatic rings. The summed E-state index contributed by atoms with van der Waals surface area (Å²) < 4.78 is 1.92. The number of nitrogens with one attached hydrogen (secondary N) is 1. The van der Waals surface area contributed by atoms with Gasteiger partial charge in [-0.05, 0) is 62.7 Å². The first-order valence-electron chi connectivity index (χ1n) is 9.23. The number of anilines is 1. The SMILES string of the molecule is Cc1ccc(NC(=O)/C(C#N)=C/c2cc(C)n(-c3ccc([N+](=O)[O-])cc3)c2C)cc1. The summed E-state index contributed by atoms with van der Waals surface area (Å²) in [6, 6.07) is 17.4. The van der Waals surface area contributed by atoms with Crippen molar-refractivity contribution in [1.29, 1.82) is 5.26 Å². The summed E-state index contributed by atoms with van der Waals surface area (Å²) in [5, 5.41) is 23.1. The standard InChI is InChI=1S/C23H20N4O3/c1-15-4-6-20(7-5-15)25-23(28)19(14-24)13-18-12-16(2)26(17(18)3)21-8-10-22(11-9-21)27(29)30/h4-13H,1-3H3,(H,25,28)/b19-13+. The lowest BCUT2D eigenvalue weighted by Crippen LogP contribution is -2.13. The minimum absolute atomic E-state index is 0.0143. The molecule has 0 unspecified atom stereocenters. The van der Waals surface area contributed by atoms with Gasteiger partial charge in [0.1, 0.15) is 11.6 Å². The van der Waals surface area contributed by atoms with E-state index >= 15 is 0 Å². The summed E-state index contributed by atoms with van der Waals surface area (Å²) >= 11 is 0. The molecule has 0 aliphatic carbocycles.